The van der Waals surface area contributed by atoms with Gasteiger partial charge in [0.15, 0.2) is 17.5 Å². The number of nitrogens with zero attached hydrogens (tertiary/aromatic N) is 4. The average molecular weight is 478 g/mol. The number of pyridine rings is 1. The second kappa shape index (κ2) is 10.3. The summed E-state index contributed by atoms with van der Waals surface area (Å²) in [6.07, 6.45) is 4.69. The number of aromatic amines is 1. The van der Waals surface area contributed by atoms with Gasteiger partial charge < -0.3 is 25.0 Å². The molecule has 0 aliphatic carbocycles. The number of urea groups is 1. The highest BCUT2D eigenvalue weighted by molar-refractivity contribution is 6.31. The van der Waals surface area contributed by atoms with Crippen LogP contribution in [0.25, 0.3) is 22.4 Å². The van der Waals surface area contributed by atoms with Crippen LogP contribution < -0.4 is 10.6 Å². The number of hydrogen-bond donors (Lipinski definition) is 4. The minimum atomic E-state index is -1.34. The molecule has 12 heteroatoms. The maximum atomic E-state index is 14.4. The first-order valence-corrected chi connectivity index (χ1v) is 11.1. The van der Waals surface area contributed by atoms with Crippen LogP contribution in [0.3, 0.4) is 0 Å². The lowest BCUT2D eigenvalue weighted by molar-refractivity contribution is -0.109. The Kier molecular flexibility index (Phi) is 7.21. The van der Waals surface area contributed by atoms with Crippen LogP contribution in [-0.2, 0) is 4.74 Å². The Morgan fingerprint density at radius 1 is 1.45 bits per heavy atom. The number of amides is 2. The summed E-state index contributed by atoms with van der Waals surface area (Å²) in [4.78, 5) is 29.7. The van der Waals surface area contributed by atoms with E-state index < -0.39 is 18.3 Å². The Morgan fingerprint density at radius 2 is 2.30 bits per heavy atom. The molecule has 1 aliphatic rings. The van der Waals surface area contributed by atoms with Crippen molar-refractivity contribution in [3.63, 3.8) is 0 Å². The molecule has 1 saturated heterocycles. The Balaban J connectivity index is 1.42. The van der Waals surface area contributed by atoms with Crippen molar-refractivity contribution < 1.29 is 19.0 Å². The number of aromatic nitrogens is 4. The van der Waals surface area contributed by atoms with Crippen LogP contribution in [0.2, 0.25) is 5.02 Å². The summed E-state index contributed by atoms with van der Waals surface area (Å²) in [5.41, 5.74) is 1.29. The summed E-state index contributed by atoms with van der Waals surface area (Å²) in [5.74, 6) is -0.0656. The topological polar surface area (TPSA) is 128 Å². The van der Waals surface area contributed by atoms with E-state index in [0.717, 1.165) is 24.4 Å². The van der Waals surface area contributed by atoms with Crippen molar-refractivity contribution in [2.45, 2.75) is 26.2 Å². The number of aliphatic hydroxyl groups is 1. The first kappa shape index (κ1) is 23.1. The molecule has 176 valence electrons. The molecule has 0 aromatic carbocycles. The van der Waals surface area contributed by atoms with Crippen LogP contribution in [0.4, 0.5) is 15.0 Å². The number of carbonyl (C=O) groups is 1. The molecule has 10 nitrogen and oxygen atoms in total. The molecular formula is C21H25ClFN7O3. The molecule has 4 rings (SSSR count). The van der Waals surface area contributed by atoms with Crippen molar-refractivity contribution in [2.24, 2.45) is 5.92 Å². The summed E-state index contributed by atoms with van der Waals surface area (Å²) in [5, 5.41) is 16.3. The van der Waals surface area contributed by atoms with E-state index in [9.17, 15) is 14.3 Å². The van der Waals surface area contributed by atoms with E-state index in [1.807, 2.05) is 0 Å². The number of ether oxygens (including phenoxy) is 1. The number of aliphatic hydroxyl groups excluding tert-OH is 1. The van der Waals surface area contributed by atoms with E-state index >= 15 is 0 Å². The number of H-pyrrole nitrogens is 1. The maximum Gasteiger partial charge on any atom is 0.321 e. The highest BCUT2D eigenvalue weighted by Gasteiger charge is 2.25. The molecule has 0 radical (unpaired) electrons. The number of rotatable bonds is 7. The highest BCUT2D eigenvalue weighted by atomic mass is 35.5. The van der Waals surface area contributed by atoms with E-state index in [1.165, 1.54) is 6.20 Å². The van der Waals surface area contributed by atoms with E-state index in [4.69, 9.17) is 16.3 Å². The van der Waals surface area contributed by atoms with E-state index in [1.54, 1.807) is 24.1 Å². The molecular weight excluding hydrogens is 453 g/mol. The third-order valence-electron chi connectivity index (χ3n) is 5.42. The maximum absolute atomic E-state index is 14.4. The van der Waals surface area contributed by atoms with Crippen molar-refractivity contribution in [1.29, 1.82) is 0 Å². The number of halogens is 2. The van der Waals surface area contributed by atoms with E-state index in [-0.39, 0.29) is 18.3 Å². The third-order valence-corrected chi connectivity index (χ3v) is 5.63. The molecule has 0 bridgehead atoms. The monoisotopic (exact) mass is 477 g/mol. The van der Waals surface area contributed by atoms with E-state index in [2.05, 4.69) is 30.6 Å². The zero-order valence-corrected chi connectivity index (χ0v) is 18.8. The summed E-state index contributed by atoms with van der Waals surface area (Å²) >= 11 is 6.06. The smallest absolute Gasteiger partial charge is 0.321 e. The number of fused-ring (bicyclic) bond motifs is 1. The number of likely N-dealkylation sites (tertiary alicyclic amines) is 1. The lowest BCUT2D eigenvalue weighted by Gasteiger charge is -2.33. The van der Waals surface area contributed by atoms with Gasteiger partial charge in [-0.3, -0.25) is 5.32 Å². The average Bonchev–Trinajstić information content (AvgIpc) is 3.22. The largest absolute Gasteiger partial charge is 0.367 e. The molecule has 4 heterocycles. The van der Waals surface area contributed by atoms with Crippen molar-refractivity contribution >= 4 is 34.5 Å². The molecule has 0 saturated carbocycles. The van der Waals surface area contributed by atoms with Gasteiger partial charge in [0.25, 0.3) is 0 Å². The Morgan fingerprint density at radius 3 is 3.12 bits per heavy atom. The molecule has 4 N–H and O–H groups in total. The fourth-order valence-corrected chi connectivity index (χ4v) is 4.00. The van der Waals surface area contributed by atoms with Crippen LogP contribution in [-0.4, -0.2) is 68.6 Å². The minimum Gasteiger partial charge on any atom is -0.367 e. The fourth-order valence-electron chi connectivity index (χ4n) is 3.84. The Bertz CT molecular complexity index is 1130. The molecule has 2 amide bonds. The summed E-state index contributed by atoms with van der Waals surface area (Å²) in [6, 6.07) is 1.35. The molecule has 0 spiro atoms. The standard InChI is InChI=1S/C21H25ClFN7O3/c1-2-33-21(32)29-20(31)30-5-3-4-12(11-30)7-24-19-16(23)10-27-18(28-19)15-9-26-17-14(15)6-13(22)8-25-17/h6,8-10,12,21,32H,2-5,7,11H2,1H3,(H,25,26)(H,29,31)(H,24,27,28). The SMILES string of the molecule is CCOC(O)NC(=O)N1CCCC(CNc2nc(-c3c[nH]c4ncc(Cl)cc34)ncc2F)C1. The van der Waals surface area contributed by atoms with Gasteiger partial charge in [-0.2, -0.15) is 0 Å². The predicted octanol–water partition coefficient (Wildman–Crippen LogP) is 2.96. The number of carbonyl (C=O) groups excluding carboxylic acids is 1. The van der Waals surface area contributed by atoms with Gasteiger partial charge in [0.1, 0.15) is 5.65 Å². The van der Waals surface area contributed by atoms with Gasteiger partial charge in [-0.05, 0) is 31.7 Å². The second-order valence-corrected chi connectivity index (χ2v) is 8.17. The first-order chi connectivity index (χ1) is 15.9. The van der Waals surface area contributed by atoms with Gasteiger partial charge in [-0.1, -0.05) is 11.6 Å². The van der Waals surface area contributed by atoms with Crippen LogP contribution >= 0.6 is 11.6 Å². The predicted molar refractivity (Wildman–Crippen MR) is 121 cm³/mol. The molecule has 3 aromatic heterocycles. The lowest BCUT2D eigenvalue weighted by atomic mass is 9.98. The quantitative estimate of drug-likeness (QED) is 0.385. The molecule has 3 aromatic rings. The molecule has 1 fully saturated rings. The highest BCUT2D eigenvalue weighted by Crippen LogP contribution is 2.28. The number of hydrogen-bond acceptors (Lipinski definition) is 7. The lowest BCUT2D eigenvalue weighted by Crippen LogP contribution is -2.50. The van der Waals surface area contributed by atoms with Gasteiger partial charge in [0, 0.05) is 49.6 Å². The van der Waals surface area contributed by atoms with Gasteiger partial charge >= 0.3 is 6.03 Å². The molecule has 2 atom stereocenters. The van der Waals surface area contributed by atoms with Crippen LogP contribution in [0.1, 0.15) is 19.8 Å². The third kappa shape index (κ3) is 5.49. The number of anilines is 1. The first-order valence-electron chi connectivity index (χ1n) is 10.7. The normalized spacial score (nSPS) is 17.2. The zero-order valence-electron chi connectivity index (χ0n) is 18.0. The van der Waals surface area contributed by atoms with E-state index in [0.29, 0.717) is 41.7 Å². The molecule has 33 heavy (non-hydrogen) atoms. The van der Waals surface area contributed by atoms with Crippen molar-refractivity contribution in [3.8, 4) is 11.4 Å². The van der Waals surface area contributed by atoms with Crippen molar-refractivity contribution in [1.82, 2.24) is 30.2 Å². The summed E-state index contributed by atoms with van der Waals surface area (Å²) in [6.45, 7) is 3.46. The van der Waals surface area contributed by atoms with Gasteiger partial charge in [-0.15, -0.1) is 0 Å². The molecule has 2 unspecified atom stereocenters. The summed E-state index contributed by atoms with van der Waals surface area (Å²) in [7, 11) is 0. The second-order valence-electron chi connectivity index (χ2n) is 7.73. The fraction of sp³-hybridized carbons (Fsp3) is 0.429. The Labute approximate surface area is 194 Å². The van der Waals surface area contributed by atoms with Crippen molar-refractivity contribution in [3.05, 3.63) is 35.5 Å². The van der Waals surface area contributed by atoms with Crippen LogP contribution in [0.5, 0.6) is 0 Å². The molecule has 1 aliphatic heterocycles. The van der Waals surface area contributed by atoms with Crippen LogP contribution in [0, 0.1) is 11.7 Å². The summed E-state index contributed by atoms with van der Waals surface area (Å²) < 4.78 is 19.4. The minimum absolute atomic E-state index is 0.0812. The van der Waals surface area contributed by atoms with Gasteiger partial charge in [0.2, 0.25) is 6.41 Å². The number of nitrogens with one attached hydrogen (secondary N) is 3. The van der Waals surface area contributed by atoms with Gasteiger partial charge in [0.05, 0.1) is 11.2 Å². The zero-order chi connectivity index (χ0) is 23.4. The van der Waals surface area contributed by atoms with Crippen LogP contribution in [0.15, 0.2) is 24.7 Å². The Hall–Kier alpha value is -3.02. The van der Waals surface area contributed by atoms with Crippen molar-refractivity contribution in [2.75, 3.05) is 31.6 Å². The number of piperidine rings is 1. The van der Waals surface area contributed by atoms with Gasteiger partial charge in [-0.25, -0.2) is 24.1 Å².